The van der Waals surface area contributed by atoms with Crippen LogP contribution in [-0.2, 0) is 16.2 Å². The van der Waals surface area contributed by atoms with Gasteiger partial charge in [-0.1, -0.05) is 23.4 Å². The minimum atomic E-state index is -0.552. The number of carbonyl (C=O) groups excluding carboxylic acids is 2. The number of aryl methyl sites for hydroxylation is 1. The zero-order valence-corrected chi connectivity index (χ0v) is 13.9. The van der Waals surface area contributed by atoms with Crippen LogP contribution in [0.1, 0.15) is 31.1 Å². The van der Waals surface area contributed by atoms with Crippen LogP contribution in [0.2, 0.25) is 0 Å². The molecule has 0 aliphatic heterocycles. The summed E-state index contributed by atoms with van der Waals surface area (Å²) >= 11 is 0. The van der Waals surface area contributed by atoms with Gasteiger partial charge in [0.1, 0.15) is 5.71 Å². The fourth-order valence-corrected chi connectivity index (χ4v) is 2.92. The number of para-hydroxylation sites is 1. The van der Waals surface area contributed by atoms with Crippen LogP contribution < -0.4 is 0 Å². The molecular weight excluding hydrogens is 304 g/mol. The van der Waals surface area contributed by atoms with Crippen LogP contribution >= 0.6 is 0 Å². The van der Waals surface area contributed by atoms with E-state index in [-0.39, 0.29) is 11.5 Å². The average Bonchev–Trinajstić information content (AvgIpc) is 2.91. The molecule has 0 aliphatic rings. The molecule has 0 atom stereocenters. The van der Waals surface area contributed by atoms with Gasteiger partial charge in [-0.3, -0.25) is 4.79 Å². The monoisotopic (exact) mass is 322 g/mol. The lowest BCUT2D eigenvalue weighted by Crippen LogP contribution is -2.11. The van der Waals surface area contributed by atoms with Gasteiger partial charge in [0.2, 0.25) is 5.78 Å². The quantitative estimate of drug-likeness (QED) is 0.316. The number of carbonyl (C=O) groups is 2. The number of hydrogen-bond acceptors (Lipinski definition) is 4. The summed E-state index contributed by atoms with van der Waals surface area (Å²) in [4.78, 5) is 27.9. The zero-order valence-electron chi connectivity index (χ0n) is 13.9. The Morgan fingerprint density at radius 1 is 1.04 bits per heavy atom. The highest BCUT2D eigenvalue weighted by Crippen LogP contribution is 2.29. The van der Waals surface area contributed by atoms with Crippen molar-refractivity contribution in [2.75, 3.05) is 0 Å². The maximum absolute atomic E-state index is 12.5. The van der Waals surface area contributed by atoms with Crippen molar-refractivity contribution in [1.29, 1.82) is 0 Å². The van der Waals surface area contributed by atoms with E-state index >= 15 is 0 Å². The highest BCUT2D eigenvalue weighted by molar-refractivity contribution is 6.45. The Hall–Kier alpha value is -2.95. The molecule has 2 aromatic carbocycles. The minimum Gasteiger partial charge on any atom is -0.341 e. The van der Waals surface area contributed by atoms with Crippen molar-refractivity contribution in [1.82, 2.24) is 4.57 Å². The molecule has 0 saturated carbocycles. The molecule has 3 rings (SSSR count). The van der Waals surface area contributed by atoms with E-state index in [4.69, 9.17) is 0 Å². The van der Waals surface area contributed by atoms with Gasteiger partial charge < -0.3 is 9.40 Å². The summed E-state index contributed by atoms with van der Waals surface area (Å²) < 4.78 is 2.22. The molecule has 0 aliphatic carbocycles. The van der Waals surface area contributed by atoms with E-state index in [0.29, 0.717) is 5.56 Å². The molecule has 0 spiro atoms. The van der Waals surface area contributed by atoms with Crippen LogP contribution in [0.15, 0.2) is 47.6 Å². The van der Waals surface area contributed by atoms with Gasteiger partial charge in [-0.25, -0.2) is 4.79 Å². The summed E-state index contributed by atoms with van der Waals surface area (Å²) in [5.74, 6) is -0.810. The second kappa shape index (κ2) is 6.28. The molecule has 5 nitrogen and oxygen atoms in total. The topological polar surface area (TPSA) is 60.7 Å². The Labute approximate surface area is 139 Å². The largest absolute Gasteiger partial charge is 0.341 e. The normalized spacial score (nSPS) is 11.9. The van der Waals surface area contributed by atoms with Gasteiger partial charge in [0.15, 0.2) is 0 Å². The number of fused-ring (bicyclic) bond motifs is 3. The van der Waals surface area contributed by atoms with E-state index in [1.54, 1.807) is 6.07 Å². The van der Waals surface area contributed by atoms with Crippen molar-refractivity contribution in [3.8, 4) is 0 Å². The SMILES string of the molecule is CCn1c2ccccc2c2cc(C(=O)/C(C)=N/OC(C)=O)ccc21. The average molecular weight is 322 g/mol. The lowest BCUT2D eigenvalue weighted by Gasteiger charge is -2.04. The molecular formula is C19H18N2O3. The Morgan fingerprint density at radius 2 is 1.75 bits per heavy atom. The fourth-order valence-electron chi connectivity index (χ4n) is 2.92. The molecule has 0 amide bonds. The Bertz CT molecular complexity index is 983. The lowest BCUT2D eigenvalue weighted by molar-refractivity contribution is -0.140. The van der Waals surface area contributed by atoms with Crippen molar-refractivity contribution in [2.45, 2.75) is 27.3 Å². The number of aromatic nitrogens is 1. The maximum atomic E-state index is 12.5. The first-order valence-corrected chi connectivity index (χ1v) is 7.80. The van der Waals surface area contributed by atoms with Crippen LogP contribution in [0, 0.1) is 0 Å². The number of nitrogens with zero attached hydrogens (tertiary/aromatic N) is 2. The van der Waals surface area contributed by atoms with Crippen molar-refractivity contribution in [3.63, 3.8) is 0 Å². The predicted octanol–water partition coefficient (Wildman–Crippen LogP) is 3.94. The second-order valence-corrected chi connectivity index (χ2v) is 5.58. The molecule has 0 bridgehead atoms. The number of oxime groups is 1. The van der Waals surface area contributed by atoms with Crippen molar-refractivity contribution < 1.29 is 14.4 Å². The first kappa shape index (κ1) is 15.9. The Kier molecular flexibility index (Phi) is 4.16. The molecule has 0 radical (unpaired) electrons. The Morgan fingerprint density at radius 3 is 2.46 bits per heavy atom. The smallest absolute Gasteiger partial charge is 0.331 e. The van der Waals surface area contributed by atoms with Crippen molar-refractivity contribution in [2.24, 2.45) is 5.16 Å². The summed E-state index contributed by atoms with van der Waals surface area (Å²) in [6.07, 6.45) is 0. The first-order chi connectivity index (χ1) is 11.5. The molecule has 5 heteroatoms. The highest BCUT2D eigenvalue weighted by atomic mass is 16.7. The summed E-state index contributed by atoms with van der Waals surface area (Å²) in [6.45, 7) is 5.73. The van der Waals surface area contributed by atoms with Gasteiger partial charge in [0.05, 0.1) is 0 Å². The Balaban J connectivity index is 2.12. The molecule has 0 unspecified atom stereocenters. The summed E-state index contributed by atoms with van der Waals surface area (Å²) in [6, 6.07) is 13.7. The number of ketones is 1. The van der Waals surface area contributed by atoms with Crippen molar-refractivity contribution in [3.05, 3.63) is 48.0 Å². The number of benzene rings is 2. The minimum absolute atomic E-state index is 0.142. The van der Waals surface area contributed by atoms with Gasteiger partial charge in [0, 0.05) is 40.8 Å². The van der Waals surface area contributed by atoms with Gasteiger partial charge in [-0.05, 0) is 38.1 Å². The van der Waals surface area contributed by atoms with Crippen LogP contribution in [0.3, 0.4) is 0 Å². The summed E-state index contributed by atoms with van der Waals surface area (Å²) in [7, 11) is 0. The van der Waals surface area contributed by atoms with Crippen LogP contribution in [0.25, 0.3) is 21.8 Å². The van der Waals surface area contributed by atoms with Gasteiger partial charge in [-0.15, -0.1) is 0 Å². The third-order valence-corrected chi connectivity index (χ3v) is 3.99. The third-order valence-electron chi connectivity index (χ3n) is 3.99. The lowest BCUT2D eigenvalue weighted by atomic mass is 10.0. The van der Waals surface area contributed by atoms with Crippen LogP contribution in [0.4, 0.5) is 0 Å². The predicted molar refractivity (Wildman–Crippen MR) is 94.3 cm³/mol. The molecule has 122 valence electrons. The molecule has 0 saturated heterocycles. The molecule has 24 heavy (non-hydrogen) atoms. The standard InChI is InChI=1S/C19H18N2O3/c1-4-21-17-8-6-5-7-15(17)16-11-14(9-10-18(16)21)19(23)12(2)20-24-13(3)22/h5-11H,4H2,1-3H3/b20-12+. The number of Topliss-reactive ketones (excluding diaryl/α,β-unsaturated/α-hetero) is 1. The van der Waals surface area contributed by atoms with E-state index in [1.165, 1.54) is 13.8 Å². The van der Waals surface area contributed by atoms with E-state index in [9.17, 15) is 9.59 Å². The molecule has 0 fully saturated rings. The summed E-state index contributed by atoms with van der Waals surface area (Å²) in [5, 5.41) is 5.71. The fraction of sp³-hybridized carbons (Fsp3) is 0.211. The third kappa shape index (κ3) is 2.69. The molecule has 3 aromatic rings. The van der Waals surface area contributed by atoms with Crippen LogP contribution in [-0.4, -0.2) is 22.0 Å². The highest BCUT2D eigenvalue weighted by Gasteiger charge is 2.15. The first-order valence-electron chi connectivity index (χ1n) is 7.80. The zero-order chi connectivity index (χ0) is 17.3. The second-order valence-electron chi connectivity index (χ2n) is 5.58. The number of hydrogen-bond donors (Lipinski definition) is 0. The van der Waals surface area contributed by atoms with Crippen LogP contribution in [0.5, 0.6) is 0 Å². The van der Waals surface area contributed by atoms with E-state index in [0.717, 1.165) is 28.4 Å². The van der Waals surface area contributed by atoms with E-state index in [2.05, 4.69) is 33.6 Å². The summed E-state index contributed by atoms with van der Waals surface area (Å²) in [5.41, 5.74) is 2.90. The van der Waals surface area contributed by atoms with Gasteiger partial charge >= 0.3 is 5.97 Å². The van der Waals surface area contributed by atoms with Gasteiger partial charge in [-0.2, -0.15) is 0 Å². The number of rotatable bonds is 4. The molecule has 0 N–H and O–H groups in total. The van der Waals surface area contributed by atoms with E-state index in [1.807, 2.05) is 24.3 Å². The maximum Gasteiger partial charge on any atom is 0.331 e. The van der Waals surface area contributed by atoms with Crippen molar-refractivity contribution >= 4 is 39.3 Å². The molecule has 1 heterocycles. The van der Waals surface area contributed by atoms with Gasteiger partial charge in [0.25, 0.3) is 0 Å². The molecule has 1 aromatic heterocycles. The van der Waals surface area contributed by atoms with E-state index < -0.39 is 5.97 Å².